The first-order valence-electron chi connectivity index (χ1n) is 7.99. The van der Waals surface area contributed by atoms with Gasteiger partial charge in [0.1, 0.15) is 5.82 Å². The van der Waals surface area contributed by atoms with Gasteiger partial charge in [-0.15, -0.1) is 0 Å². The van der Waals surface area contributed by atoms with Crippen molar-refractivity contribution in [3.8, 4) is 0 Å². The van der Waals surface area contributed by atoms with Gasteiger partial charge in [-0.2, -0.15) is 11.8 Å². The van der Waals surface area contributed by atoms with Crippen LogP contribution in [0.15, 0.2) is 32.5 Å². The van der Waals surface area contributed by atoms with E-state index < -0.39 is 11.8 Å². The van der Waals surface area contributed by atoms with E-state index in [2.05, 4.69) is 42.0 Å². The van der Waals surface area contributed by atoms with E-state index >= 15 is 0 Å². The van der Waals surface area contributed by atoms with Crippen LogP contribution in [0.5, 0.6) is 0 Å². The highest BCUT2D eigenvalue weighted by Gasteiger charge is 2.19. The highest BCUT2D eigenvalue weighted by atomic mass is 79.9. The minimum absolute atomic E-state index is 0.0930. The van der Waals surface area contributed by atoms with Crippen LogP contribution in [0.25, 0.3) is 0 Å². The summed E-state index contributed by atoms with van der Waals surface area (Å²) in [7, 11) is 0. The summed E-state index contributed by atoms with van der Waals surface area (Å²) in [6.45, 7) is 4.01. The van der Waals surface area contributed by atoms with E-state index in [-0.39, 0.29) is 21.9 Å². The van der Waals surface area contributed by atoms with E-state index in [9.17, 15) is 9.18 Å². The molecule has 0 aliphatic heterocycles. The zero-order valence-electron chi connectivity index (χ0n) is 15.0. The lowest BCUT2D eigenvalue weighted by Gasteiger charge is -2.10. The maximum atomic E-state index is 13.5. The van der Waals surface area contributed by atoms with Crippen LogP contribution in [0.1, 0.15) is 19.5 Å². The van der Waals surface area contributed by atoms with E-state index in [4.69, 9.17) is 9.47 Å². The number of aromatic nitrogens is 2. The van der Waals surface area contributed by atoms with E-state index in [0.717, 1.165) is 5.75 Å². The van der Waals surface area contributed by atoms with Crippen molar-refractivity contribution in [1.29, 1.82) is 0 Å². The average Bonchev–Trinajstić information content (AvgIpc) is 3.09. The van der Waals surface area contributed by atoms with Gasteiger partial charge in [-0.25, -0.2) is 13.8 Å². The molecule has 0 radical (unpaired) electrons. The van der Waals surface area contributed by atoms with Crippen LogP contribution in [0.4, 0.5) is 15.9 Å². The minimum atomic E-state index is -0.511. The predicted octanol–water partition coefficient (Wildman–Crippen LogP) is 3.72. The molecule has 27 heavy (non-hydrogen) atoms. The zero-order chi connectivity index (χ0) is 19.8. The lowest BCUT2D eigenvalue weighted by atomic mass is 10.2. The molecule has 11 heteroatoms. The van der Waals surface area contributed by atoms with Crippen molar-refractivity contribution in [1.82, 2.24) is 10.3 Å². The van der Waals surface area contributed by atoms with Crippen LogP contribution >= 0.6 is 27.7 Å². The fourth-order valence-corrected chi connectivity index (χ4v) is 2.45. The molecule has 8 nitrogen and oxygen atoms in total. The van der Waals surface area contributed by atoms with Gasteiger partial charge in [-0.3, -0.25) is 0 Å². The van der Waals surface area contributed by atoms with Crippen molar-refractivity contribution in [2.75, 3.05) is 29.2 Å². The van der Waals surface area contributed by atoms with Crippen molar-refractivity contribution < 1.29 is 18.7 Å². The van der Waals surface area contributed by atoms with Gasteiger partial charge in [0.05, 0.1) is 10.4 Å². The number of amidine groups is 1. The Morgan fingerprint density at radius 1 is 1.44 bits per heavy atom. The molecule has 1 aromatic heterocycles. The monoisotopic (exact) mass is 459 g/mol. The topological polar surface area (TPSA) is 102 Å². The highest BCUT2D eigenvalue weighted by Crippen LogP contribution is 2.21. The summed E-state index contributed by atoms with van der Waals surface area (Å²) in [5.74, 6) is 0.00666. The summed E-state index contributed by atoms with van der Waals surface area (Å²) in [5.41, 5.74) is 0.730. The fraction of sp³-hybridized carbons (Fsp3) is 0.375. The number of hydrogen-bond acceptors (Lipinski definition) is 8. The number of hydrogen-bond donors (Lipinski definition) is 2. The smallest absolute Gasteiger partial charge is 0.337 e. The highest BCUT2D eigenvalue weighted by molar-refractivity contribution is 9.10. The standard InChI is InChI=1S/C16H19BrFN5O3S/c1-9(2)16(24)25-22-15(20-10-4-5-12(18)11(17)8-10)13-14(23-26-21-13)19-6-7-27-3/h4-5,8-9H,6-7H2,1-3H3,(H,19,23)(H,20,22). The van der Waals surface area contributed by atoms with Crippen LogP contribution in [-0.2, 0) is 9.63 Å². The molecule has 146 valence electrons. The molecule has 0 atom stereocenters. The quantitative estimate of drug-likeness (QED) is 0.202. The van der Waals surface area contributed by atoms with Gasteiger partial charge in [0, 0.05) is 18.0 Å². The normalized spacial score (nSPS) is 11.6. The van der Waals surface area contributed by atoms with E-state index in [1.807, 2.05) is 6.26 Å². The first-order valence-corrected chi connectivity index (χ1v) is 10.2. The zero-order valence-corrected chi connectivity index (χ0v) is 17.4. The Labute approximate surface area is 168 Å². The maximum Gasteiger partial charge on any atom is 0.337 e. The number of nitrogens with zero attached hydrogens (tertiary/aromatic N) is 3. The summed E-state index contributed by atoms with van der Waals surface area (Å²) in [4.78, 5) is 16.7. The Hall–Kier alpha value is -2.14. The molecule has 0 aliphatic carbocycles. The van der Waals surface area contributed by atoms with Gasteiger partial charge in [0.2, 0.25) is 11.7 Å². The molecule has 0 aliphatic rings. The number of oxime groups is 1. The van der Waals surface area contributed by atoms with E-state index in [0.29, 0.717) is 18.1 Å². The van der Waals surface area contributed by atoms with Gasteiger partial charge in [-0.05, 0) is 50.7 Å². The van der Waals surface area contributed by atoms with E-state index in [1.165, 1.54) is 18.2 Å². The molecule has 2 rings (SSSR count). The third-order valence-corrected chi connectivity index (χ3v) is 4.41. The number of benzene rings is 1. The lowest BCUT2D eigenvalue weighted by molar-refractivity contribution is -0.147. The largest absolute Gasteiger partial charge is 0.364 e. The van der Waals surface area contributed by atoms with Crippen LogP contribution in [-0.4, -0.2) is 40.7 Å². The number of rotatable bonds is 8. The first-order chi connectivity index (χ1) is 12.9. The molecule has 1 heterocycles. The Balaban J connectivity index is 2.29. The minimum Gasteiger partial charge on any atom is -0.364 e. The summed E-state index contributed by atoms with van der Waals surface area (Å²) in [5, 5.41) is 17.5. The van der Waals surface area contributed by atoms with Crippen LogP contribution in [0, 0.1) is 11.7 Å². The Morgan fingerprint density at radius 3 is 2.89 bits per heavy atom. The van der Waals surface area contributed by atoms with Gasteiger partial charge < -0.3 is 15.5 Å². The van der Waals surface area contributed by atoms with Gasteiger partial charge in [-0.1, -0.05) is 19.0 Å². The van der Waals surface area contributed by atoms with E-state index in [1.54, 1.807) is 25.6 Å². The predicted molar refractivity (Wildman–Crippen MR) is 106 cm³/mol. The summed E-state index contributed by atoms with van der Waals surface area (Å²) in [6, 6.07) is 4.31. The molecule has 2 N–H and O–H groups in total. The average molecular weight is 460 g/mol. The second-order valence-electron chi connectivity index (χ2n) is 5.64. The summed E-state index contributed by atoms with van der Waals surface area (Å²) >= 11 is 4.78. The van der Waals surface area contributed by atoms with Crippen molar-refractivity contribution in [2.24, 2.45) is 11.1 Å². The Morgan fingerprint density at radius 2 is 2.22 bits per heavy atom. The summed E-state index contributed by atoms with van der Waals surface area (Å²) in [6.07, 6.45) is 1.98. The molecular formula is C16H19BrFN5O3S. The molecule has 0 saturated carbocycles. The summed E-state index contributed by atoms with van der Waals surface area (Å²) < 4.78 is 18.5. The number of anilines is 2. The number of thioether (sulfide) groups is 1. The first kappa shape index (κ1) is 21.2. The second kappa shape index (κ2) is 10.3. The third-order valence-electron chi connectivity index (χ3n) is 3.19. The molecule has 2 aromatic rings. The Bertz CT molecular complexity index is 815. The number of halogens is 2. The molecule has 1 aromatic carbocycles. The molecular weight excluding hydrogens is 441 g/mol. The van der Waals surface area contributed by atoms with Crippen LogP contribution in [0.3, 0.4) is 0 Å². The molecule has 0 fully saturated rings. The van der Waals surface area contributed by atoms with Crippen molar-refractivity contribution in [2.45, 2.75) is 13.8 Å². The second-order valence-corrected chi connectivity index (χ2v) is 7.48. The number of nitrogens with one attached hydrogen (secondary N) is 2. The Kier molecular flexibility index (Phi) is 8.04. The lowest BCUT2D eigenvalue weighted by Crippen LogP contribution is -2.19. The number of carbonyl (C=O) groups excluding carboxylic acids is 1. The van der Waals surface area contributed by atoms with Crippen LogP contribution < -0.4 is 10.6 Å². The SMILES string of the molecule is CSCCNc1nonc1/C(=N/OC(=O)C(C)C)Nc1ccc(F)c(Br)c1. The molecule has 0 amide bonds. The molecule has 0 unspecified atom stereocenters. The molecule has 0 spiro atoms. The van der Waals surface area contributed by atoms with Gasteiger partial charge in [0.15, 0.2) is 5.69 Å². The van der Waals surface area contributed by atoms with Gasteiger partial charge in [0.25, 0.3) is 0 Å². The van der Waals surface area contributed by atoms with Crippen molar-refractivity contribution in [3.05, 3.63) is 34.2 Å². The van der Waals surface area contributed by atoms with Crippen molar-refractivity contribution >= 4 is 51.0 Å². The van der Waals surface area contributed by atoms with Gasteiger partial charge >= 0.3 is 5.97 Å². The third kappa shape index (κ3) is 6.21. The van der Waals surface area contributed by atoms with Crippen LogP contribution in [0.2, 0.25) is 0 Å². The van der Waals surface area contributed by atoms with Crippen molar-refractivity contribution in [3.63, 3.8) is 0 Å². The number of carbonyl (C=O) groups is 1. The fourth-order valence-electron chi connectivity index (χ4n) is 1.76. The molecule has 0 bridgehead atoms. The maximum absolute atomic E-state index is 13.5. The molecule has 0 saturated heterocycles.